The fourth-order valence-electron chi connectivity index (χ4n) is 1.79. The van der Waals surface area contributed by atoms with E-state index in [9.17, 15) is 19.5 Å². The zero-order chi connectivity index (χ0) is 17.2. The minimum atomic E-state index is -1.10. The summed E-state index contributed by atoms with van der Waals surface area (Å²) in [7, 11) is 0. The van der Waals surface area contributed by atoms with Crippen molar-refractivity contribution in [2.45, 2.75) is 19.4 Å². The molecule has 0 aromatic heterocycles. The summed E-state index contributed by atoms with van der Waals surface area (Å²) in [4.78, 5) is 34.8. The molecular formula is C16H20N2O4S. The molecule has 6 nitrogen and oxygen atoms in total. The number of aliphatic carboxylic acids is 1. The number of rotatable bonds is 8. The fraction of sp³-hybridized carbons (Fsp3) is 0.312. The zero-order valence-corrected chi connectivity index (χ0v) is 13.9. The smallest absolute Gasteiger partial charge is 0.326 e. The number of carboxylic acid groups (broad SMARTS) is 1. The van der Waals surface area contributed by atoms with Gasteiger partial charge >= 0.3 is 5.97 Å². The predicted octanol–water partition coefficient (Wildman–Crippen LogP) is 1.49. The summed E-state index contributed by atoms with van der Waals surface area (Å²) in [6.45, 7) is 1.29. The lowest BCUT2D eigenvalue weighted by atomic mass is 10.1. The molecule has 1 aromatic rings. The highest BCUT2D eigenvalue weighted by molar-refractivity contribution is 7.98. The maximum absolute atomic E-state index is 12.3. The van der Waals surface area contributed by atoms with Crippen molar-refractivity contribution in [3.05, 3.63) is 41.6 Å². The van der Waals surface area contributed by atoms with Crippen LogP contribution >= 0.6 is 11.8 Å². The van der Waals surface area contributed by atoms with Gasteiger partial charge in [-0.1, -0.05) is 30.3 Å². The van der Waals surface area contributed by atoms with Crippen LogP contribution in [0, 0.1) is 0 Å². The standard InChI is InChI=1S/C16H20N2O4S/c1-11(19)17-14(10-12-6-4-3-5-7-12)15(20)18-13(16(21)22)8-9-23-2/h3-7,10,13H,8-9H2,1-2H3,(H,17,19)(H,18,20)(H,21,22)/t13-/m1/s1. The molecule has 1 aromatic carbocycles. The maximum Gasteiger partial charge on any atom is 0.326 e. The first-order valence-corrected chi connectivity index (χ1v) is 8.40. The molecule has 3 N–H and O–H groups in total. The van der Waals surface area contributed by atoms with Crippen molar-refractivity contribution in [1.82, 2.24) is 10.6 Å². The van der Waals surface area contributed by atoms with E-state index < -0.39 is 23.8 Å². The van der Waals surface area contributed by atoms with Crippen molar-refractivity contribution in [1.29, 1.82) is 0 Å². The van der Waals surface area contributed by atoms with E-state index in [0.717, 1.165) is 5.56 Å². The Bertz CT molecular complexity index is 587. The van der Waals surface area contributed by atoms with E-state index in [2.05, 4.69) is 10.6 Å². The van der Waals surface area contributed by atoms with Crippen molar-refractivity contribution < 1.29 is 19.5 Å². The Morgan fingerprint density at radius 1 is 1.26 bits per heavy atom. The number of amides is 2. The summed E-state index contributed by atoms with van der Waals surface area (Å²) in [5.41, 5.74) is 0.737. The minimum absolute atomic E-state index is 0.0131. The van der Waals surface area contributed by atoms with E-state index in [0.29, 0.717) is 12.2 Å². The summed E-state index contributed by atoms with van der Waals surface area (Å²) in [5, 5.41) is 14.1. The second-order valence-corrected chi connectivity index (χ2v) is 5.78. The summed E-state index contributed by atoms with van der Waals surface area (Å²) in [5.74, 6) is -1.53. The van der Waals surface area contributed by atoms with Crippen LogP contribution < -0.4 is 10.6 Å². The zero-order valence-electron chi connectivity index (χ0n) is 13.0. The SMILES string of the molecule is CSCC[C@@H](NC(=O)C(=Cc1ccccc1)NC(C)=O)C(=O)O. The first-order chi connectivity index (χ1) is 10.9. The summed E-state index contributed by atoms with van der Waals surface area (Å²) >= 11 is 1.50. The number of hydrogen-bond acceptors (Lipinski definition) is 4. The number of hydrogen-bond donors (Lipinski definition) is 3. The topological polar surface area (TPSA) is 95.5 Å². The van der Waals surface area contributed by atoms with Crippen molar-refractivity contribution in [3.63, 3.8) is 0 Å². The van der Waals surface area contributed by atoms with Crippen LogP contribution in [0.2, 0.25) is 0 Å². The number of nitrogens with one attached hydrogen (secondary N) is 2. The summed E-state index contributed by atoms with van der Waals surface area (Å²) < 4.78 is 0. The molecule has 0 saturated heterocycles. The van der Waals surface area contributed by atoms with E-state index in [1.165, 1.54) is 24.8 Å². The molecule has 0 unspecified atom stereocenters. The fourth-order valence-corrected chi connectivity index (χ4v) is 2.26. The molecule has 124 valence electrons. The van der Waals surface area contributed by atoms with Gasteiger partial charge < -0.3 is 15.7 Å². The van der Waals surface area contributed by atoms with Gasteiger partial charge in [-0.15, -0.1) is 0 Å². The molecule has 1 rings (SSSR count). The molecule has 0 radical (unpaired) electrons. The Morgan fingerprint density at radius 3 is 2.43 bits per heavy atom. The largest absolute Gasteiger partial charge is 0.480 e. The Morgan fingerprint density at radius 2 is 1.91 bits per heavy atom. The third-order valence-corrected chi connectivity index (χ3v) is 3.52. The van der Waals surface area contributed by atoms with E-state index in [4.69, 9.17) is 0 Å². The molecule has 0 aliphatic rings. The van der Waals surface area contributed by atoms with Crippen molar-refractivity contribution >= 4 is 35.6 Å². The van der Waals surface area contributed by atoms with Gasteiger partial charge in [0.2, 0.25) is 5.91 Å². The maximum atomic E-state index is 12.3. The van der Waals surface area contributed by atoms with Crippen LogP contribution in [0.5, 0.6) is 0 Å². The number of carbonyl (C=O) groups is 3. The molecule has 0 heterocycles. The van der Waals surface area contributed by atoms with Crippen molar-refractivity contribution in [2.24, 2.45) is 0 Å². The molecule has 0 bridgehead atoms. The molecule has 0 saturated carbocycles. The summed E-state index contributed by atoms with van der Waals surface area (Å²) in [6, 6.07) is 7.98. The lowest BCUT2D eigenvalue weighted by Crippen LogP contribution is -2.44. The highest BCUT2D eigenvalue weighted by Gasteiger charge is 2.21. The van der Waals surface area contributed by atoms with E-state index in [-0.39, 0.29) is 5.70 Å². The van der Waals surface area contributed by atoms with E-state index >= 15 is 0 Å². The van der Waals surface area contributed by atoms with Crippen LogP contribution in [0.15, 0.2) is 36.0 Å². The second-order valence-electron chi connectivity index (χ2n) is 4.80. The molecule has 0 fully saturated rings. The number of benzene rings is 1. The highest BCUT2D eigenvalue weighted by Crippen LogP contribution is 2.07. The first-order valence-electron chi connectivity index (χ1n) is 7.01. The third kappa shape index (κ3) is 7.01. The Kier molecular flexibility index (Phi) is 7.90. The van der Waals surface area contributed by atoms with Crippen LogP contribution in [-0.2, 0) is 14.4 Å². The van der Waals surface area contributed by atoms with Gasteiger partial charge in [0.1, 0.15) is 11.7 Å². The van der Waals surface area contributed by atoms with Crippen LogP contribution in [0.1, 0.15) is 18.9 Å². The van der Waals surface area contributed by atoms with Crippen LogP contribution in [0.4, 0.5) is 0 Å². The molecule has 23 heavy (non-hydrogen) atoms. The molecule has 0 spiro atoms. The number of carboxylic acids is 1. The Hall–Kier alpha value is -2.28. The highest BCUT2D eigenvalue weighted by atomic mass is 32.2. The van der Waals surface area contributed by atoms with E-state index in [1.807, 2.05) is 12.3 Å². The lowest BCUT2D eigenvalue weighted by Gasteiger charge is -2.15. The first kappa shape index (κ1) is 18.8. The predicted molar refractivity (Wildman–Crippen MR) is 90.8 cm³/mol. The molecule has 0 aliphatic heterocycles. The van der Waals surface area contributed by atoms with Gasteiger partial charge in [-0.05, 0) is 30.1 Å². The van der Waals surface area contributed by atoms with Gasteiger partial charge in [-0.3, -0.25) is 9.59 Å². The lowest BCUT2D eigenvalue weighted by molar-refractivity contribution is -0.141. The van der Waals surface area contributed by atoms with E-state index in [1.54, 1.807) is 24.3 Å². The van der Waals surface area contributed by atoms with Gasteiger partial charge in [0.25, 0.3) is 5.91 Å². The van der Waals surface area contributed by atoms with Crippen LogP contribution in [-0.4, -0.2) is 40.9 Å². The minimum Gasteiger partial charge on any atom is -0.480 e. The summed E-state index contributed by atoms with van der Waals surface area (Å²) in [6.07, 6.45) is 3.67. The Labute approximate surface area is 139 Å². The number of thioether (sulfide) groups is 1. The Balaban J connectivity index is 2.93. The van der Waals surface area contributed by atoms with Crippen LogP contribution in [0.25, 0.3) is 6.08 Å². The monoisotopic (exact) mass is 336 g/mol. The normalized spacial score (nSPS) is 12.3. The van der Waals surface area contributed by atoms with Gasteiger partial charge in [0.05, 0.1) is 0 Å². The quantitative estimate of drug-likeness (QED) is 0.625. The average molecular weight is 336 g/mol. The van der Waals surface area contributed by atoms with Gasteiger partial charge in [-0.2, -0.15) is 11.8 Å². The molecular weight excluding hydrogens is 316 g/mol. The third-order valence-electron chi connectivity index (χ3n) is 2.88. The van der Waals surface area contributed by atoms with Crippen molar-refractivity contribution in [3.8, 4) is 0 Å². The number of carbonyl (C=O) groups excluding carboxylic acids is 2. The molecule has 7 heteroatoms. The van der Waals surface area contributed by atoms with Crippen molar-refractivity contribution in [2.75, 3.05) is 12.0 Å². The van der Waals surface area contributed by atoms with Gasteiger partial charge in [0, 0.05) is 6.92 Å². The second kappa shape index (κ2) is 9.68. The van der Waals surface area contributed by atoms with Gasteiger partial charge in [-0.25, -0.2) is 4.79 Å². The van der Waals surface area contributed by atoms with Gasteiger partial charge in [0.15, 0.2) is 0 Å². The molecule has 0 aliphatic carbocycles. The molecule has 2 amide bonds. The van der Waals surface area contributed by atoms with Crippen LogP contribution in [0.3, 0.4) is 0 Å². The average Bonchev–Trinajstić information content (AvgIpc) is 2.50. The molecule has 1 atom stereocenters.